The van der Waals surface area contributed by atoms with Gasteiger partial charge in [0.1, 0.15) is 5.82 Å². The van der Waals surface area contributed by atoms with Gasteiger partial charge in [0.15, 0.2) is 11.5 Å². The van der Waals surface area contributed by atoms with Crippen molar-refractivity contribution >= 4 is 22.5 Å². The second kappa shape index (κ2) is 8.01. The lowest BCUT2D eigenvalue weighted by Gasteiger charge is -2.14. The number of pyridine rings is 1. The summed E-state index contributed by atoms with van der Waals surface area (Å²) in [5, 5.41) is 19.4. The van der Waals surface area contributed by atoms with Crippen molar-refractivity contribution in [2.75, 3.05) is 11.9 Å². The Morgan fingerprint density at radius 2 is 1.97 bits per heavy atom. The third-order valence-electron chi connectivity index (χ3n) is 5.41. The van der Waals surface area contributed by atoms with Gasteiger partial charge in [0.2, 0.25) is 5.95 Å². The highest BCUT2D eigenvalue weighted by Crippen LogP contribution is 2.26. The van der Waals surface area contributed by atoms with Gasteiger partial charge >= 0.3 is 0 Å². The Balaban J connectivity index is 1.52. The molecule has 0 amide bonds. The number of aliphatic hydroxyl groups is 1. The van der Waals surface area contributed by atoms with E-state index in [1.165, 1.54) is 12.3 Å². The van der Waals surface area contributed by atoms with Crippen LogP contribution in [0.5, 0.6) is 0 Å². The van der Waals surface area contributed by atoms with Crippen molar-refractivity contribution in [3.8, 4) is 11.4 Å². The van der Waals surface area contributed by atoms with E-state index in [0.29, 0.717) is 23.0 Å². The van der Waals surface area contributed by atoms with Crippen LogP contribution in [0.3, 0.4) is 0 Å². The highest BCUT2D eigenvalue weighted by molar-refractivity contribution is 5.83. The molecule has 0 saturated heterocycles. The Morgan fingerprint density at radius 1 is 1.12 bits per heavy atom. The van der Waals surface area contributed by atoms with E-state index in [1.807, 2.05) is 24.3 Å². The van der Waals surface area contributed by atoms with E-state index >= 15 is 0 Å². The number of aromatic amines is 1. The standard InChI is InChI=1S/C23H22FN7O/c1-13(2)17-11-28-31-22(17)29-21(14-7-15(24)9-25-8-14)30-23(31)27-12-20(32)18-10-26-19-6-4-3-5-16(18)19/h3-11,13,20,26,32H,12H2,1-2H3,(H,27,29,30)/t20-/m1/s1. The minimum Gasteiger partial charge on any atom is -0.386 e. The number of para-hydroxylation sites is 1. The van der Waals surface area contributed by atoms with Crippen LogP contribution in [0, 0.1) is 5.82 Å². The fourth-order valence-corrected chi connectivity index (χ4v) is 3.75. The maximum atomic E-state index is 13.8. The summed E-state index contributed by atoms with van der Waals surface area (Å²) in [4.78, 5) is 16.3. The summed E-state index contributed by atoms with van der Waals surface area (Å²) in [6.07, 6.45) is 5.43. The normalized spacial score (nSPS) is 12.7. The molecule has 0 bridgehead atoms. The highest BCUT2D eigenvalue weighted by atomic mass is 19.1. The average molecular weight is 431 g/mol. The SMILES string of the molecule is CC(C)c1cnn2c(NC[C@@H](O)c3c[nH]c4ccccc34)nc(-c3cncc(F)c3)nc12. The summed E-state index contributed by atoms with van der Waals surface area (Å²) in [6.45, 7) is 4.30. The van der Waals surface area contributed by atoms with Gasteiger partial charge in [-0.3, -0.25) is 4.98 Å². The summed E-state index contributed by atoms with van der Waals surface area (Å²) in [6, 6.07) is 9.14. The molecule has 5 aromatic rings. The number of benzene rings is 1. The number of hydrogen-bond donors (Lipinski definition) is 3. The van der Waals surface area contributed by atoms with E-state index in [4.69, 9.17) is 0 Å². The predicted molar refractivity (Wildman–Crippen MR) is 120 cm³/mol. The number of halogens is 1. The molecule has 4 aromatic heterocycles. The first-order valence-electron chi connectivity index (χ1n) is 10.4. The number of hydrogen-bond acceptors (Lipinski definition) is 6. The second-order valence-corrected chi connectivity index (χ2v) is 7.94. The van der Waals surface area contributed by atoms with Crippen LogP contribution in [-0.4, -0.2) is 41.2 Å². The second-order valence-electron chi connectivity index (χ2n) is 7.94. The molecule has 9 heteroatoms. The molecule has 1 atom stereocenters. The Hall–Kier alpha value is -3.85. The van der Waals surface area contributed by atoms with Crippen LogP contribution in [0.4, 0.5) is 10.3 Å². The highest BCUT2D eigenvalue weighted by Gasteiger charge is 2.18. The number of aliphatic hydroxyl groups excluding tert-OH is 1. The molecule has 0 spiro atoms. The molecule has 5 rings (SSSR count). The number of fused-ring (bicyclic) bond motifs is 2. The van der Waals surface area contributed by atoms with E-state index in [1.54, 1.807) is 16.9 Å². The third kappa shape index (κ3) is 3.56. The smallest absolute Gasteiger partial charge is 0.228 e. The van der Waals surface area contributed by atoms with Crippen LogP contribution in [0.1, 0.15) is 37.0 Å². The van der Waals surface area contributed by atoms with E-state index < -0.39 is 11.9 Å². The van der Waals surface area contributed by atoms with Crippen LogP contribution in [0.25, 0.3) is 27.9 Å². The van der Waals surface area contributed by atoms with Gasteiger partial charge in [-0.15, -0.1) is 0 Å². The van der Waals surface area contributed by atoms with Gasteiger partial charge in [-0.05, 0) is 18.1 Å². The summed E-state index contributed by atoms with van der Waals surface area (Å²) in [5.41, 5.74) is 3.78. The summed E-state index contributed by atoms with van der Waals surface area (Å²) >= 11 is 0. The Morgan fingerprint density at radius 3 is 2.78 bits per heavy atom. The van der Waals surface area contributed by atoms with E-state index in [-0.39, 0.29) is 12.5 Å². The predicted octanol–water partition coefficient (Wildman–Crippen LogP) is 4.08. The van der Waals surface area contributed by atoms with Gasteiger partial charge < -0.3 is 15.4 Å². The zero-order valence-electron chi connectivity index (χ0n) is 17.6. The van der Waals surface area contributed by atoms with Gasteiger partial charge in [0, 0.05) is 46.5 Å². The van der Waals surface area contributed by atoms with E-state index in [9.17, 15) is 9.50 Å². The van der Waals surface area contributed by atoms with Crippen LogP contribution >= 0.6 is 0 Å². The zero-order valence-corrected chi connectivity index (χ0v) is 17.6. The maximum absolute atomic E-state index is 13.8. The van der Waals surface area contributed by atoms with Crippen LogP contribution < -0.4 is 5.32 Å². The molecule has 162 valence electrons. The monoisotopic (exact) mass is 431 g/mol. The minimum absolute atomic E-state index is 0.186. The van der Waals surface area contributed by atoms with Gasteiger partial charge in [0.25, 0.3) is 0 Å². The lowest BCUT2D eigenvalue weighted by Crippen LogP contribution is -2.16. The lowest BCUT2D eigenvalue weighted by molar-refractivity contribution is 0.193. The van der Waals surface area contributed by atoms with E-state index in [2.05, 4.69) is 44.2 Å². The molecule has 0 aliphatic heterocycles. The molecule has 1 aromatic carbocycles. The summed E-state index contributed by atoms with van der Waals surface area (Å²) in [5.74, 6) is 0.453. The molecule has 0 fully saturated rings. The Labute approximate surface area is 183 Å². The molecule has 32 heavy (non-hydrogen) atoms. The topological polar surface area (TPSA) is 104 Å². The van der Waals surface area contributed by atoms with Crippen molar-refractivity contribution in [1.82, 2.24) is 29.5 Å². The van der Waals surface area contributed by atoms with Crippen LogP contribution in [0.15, 0.2) is 55.1 Å². The molecule has 3 N–H and O–H groups in total. The molecule has 8 nitrogen and oxygen atoms in total. The quantitative estimate of drug-likeness (QED) is 0.374. The maximum Gasteiger partial charge on any atom is 0.228 e. The van der Waals surface area contributed by atoms with Gasteiger partial charge in [-0.2, -0.15) is 14.6 Å². The van der Waals surface area contributed by atoms with Gasteiger partial charge in [0.05, 0.1) is 18.5 Å². The lowest BCUT2D eigenvalue weighted by atomic mass is 10.1. The van der Waals surface area contributed by atoms with Crippen LogP contribution in [-0.2, 0) is 0 Å². The number of nitrogens with one attached hydrogen (secondary N) is 2. The molecule has 0 radical (unpaired) electrons. The number of nitrogens with zero attached hydrogens (tertiary/aromatic N) is 5. The first-order valence-corrected chi connectivity index (χ1v) is 10.4. The summed E-state index contributed by atoms with van der Waals surface area (Å²) < 4.78 is 15.4. The Kier molecular flexibility index (Phi) is 5.02. The Bertz CT molecular complexity index is 1410. The fourth-order valence-electron chi connectivity index (χ4n) is 3.75. The van der Waals surface area contributed by atoms with Crippen molar-refractivity contribution in [2.45, 2.75) is 25.9 Å². The first kappa shape index (κ1) is 20.1. The van der Waals surface area contributed by atoms with Gasteiger partial charge in [-0.1, -0.05) is 32.0 Å². The third-order valence-corrected chi connectivity index (χ3v) is 5.41. The average Bonchev–Trinajstić information content (AvgIpc) is 3.41. The first-order chi connectivity index (χ1) is 15.5. The largest absolute Gasteiger partial charge is 0.386 e. The minimum atomic E-state index is -0.782. The van der Waals surface area contributed by atoms with Crippen molar-refractivity contribution < 1.29 is 9.50 Å². The number of anilines is 1. The molecule has 0 aliphatic rings. The van der Waals surface area contributed by atoms with E-state index in [0.717, 1.165) is 28.2 Å². The number of H-pyrrole nitrogens is 1. The molecule has 0 saturated carbocycles. The molecule has 0 unspecified atom stereocenters. The van der Waals surface area contributed by atoms with Gasteiger partial charge in [-0.25, -0.2) is 9.37 Å². The molecular formula is C23H22FN7O. The van der Waals surface area contributed by atoms with Crippen LogP contribution in [0.2, 0.25) is 0 Å². The van der Waals surface area contributed by atoms with Crippen molar-refractivity contribution in [1.29, 1.82) is 0 Å². The zero-order chi connectivity index (χ0) is 22.2. The summed E-state index contributed by atoms with van der Waals surface area (Å²) in [7, 11) is 0. The molecular weight excluding hydrogens is 409 g/mol. The van der Waals surface area contributed by atoms with Crippen molar-refractivity contribution in [3.05, 3.63) is 72.1 Å². The van der Waals surface area contributed by atoms with Crippen molar-refractivity contribution in [2.24, 2.45) is 0 Å². The fraction of sp³-hybridized carbons (Fsp3) is 0.217. The number of rotatable bonds is 6. The molecule has 0 aliphatic carbocycles. The number of aromatic nitrogens is 6. The van der Waals surface area contributed by atoms with Crippen molar-refractivity contribution in [3.63, 3.8) is 0 Å². The molecule has 4 heterocycles.